The summed E-state index contributed by atoms with van der Waals surface area (Å²) in [6.45, 7) is 1.34. The van der Waals surface area contributed by atoms with Crippen LogP contribution in [0.15, 0.2) is 0 Å². The Labute approximate surface area is 96.8 Å². The van der Waals surface area contributed by atoms with Crippen molar-refractivity contribution in [1.29, 1.82) is 0 Å². The third kappa shape index (κ3) is 3.73. The van der Waals surface area contributed by atoms with Gasteiger partial charge in [-0.1, -0.05) is 0 Å². The second-order valence-corrected chi connectivity index (χ2v) is 4.84. The molecule has 1 amide bonds. The molecule has 5 nitrogen and oxygen atoms in total. The number of carbonyl (C=O) groups is 1. The quantitative estimate of drug-likeness (QED) is 0.616. The first-order chi connectivity index (χ1) is 7.50. The number of methoxy groups -OCH3 is 1. The van der Waals surface area contributed by atoms with Crippen LogP contribution >= 0.6 is 0 Å². The molecule has 1 saturated carbocycles. The lowest BCUT2D eigenvalue weighted by Gasteiger charge is -2.19. The molecule has 0 radical (unpaired) electrons. The lowest BCUT2D eigenvalue weighted by atomic mass is 10.1. The van der Waals surface area contributed by atoms with Crippen molar-refractivity contribution < 1.29 is 14.6 Å². The molecule has 1 rings (SSSR count). The Morgan fingerprint density at radius 2 is 2.19 bits per heavy atom. The van der Waals surface area contributed by atoms with Crippen molar-refractivity contribution >= 4 is 5.91 Å². The molecular formula is C11H22N2O3. The summed E-state index contributed by atoms with van der Waals surface area (Å²) < 4.78 is 5.03. The zero-order valence-corrected chi connectivity index (χ0v) is 10.3. The van der Waals surface area contributed by atoms with Gasteiger partial charge in [0.25, 0.3) is 0 Å². The molecule has 5 heteroatoms. The summed E-state index contributed by atoms with van der Waals surface area (Å²) in [6, 6.07) is 0. The van der Waals surface area contributed by atoms with E-state index in [1.54, 1.807) is 7.11 Å². The average Bonchev–Trinajstić information content (AvgIpc) is 2.95. The van der Waals surface area contributed by atoms with Gasteiger partial charge < -0.3 is 20.1 Å². The van der Waals surface area contributed by atoms with E-state index in [2.05, 4.69) is 5.32 Å². The number of hydrogen-bond acceptors (Lipinski definition) is 4. The van der Waals surface area contributed by atoms with Crippen LogP contribution in [0.1, 0.15) is 12.8 Å². The number of carbonyl (C=O) groups excluding carboxylic acids is 1. The van der Waals surface area contributed by atoms with Crippen LogP contribution in [0.4, 0.5) is 0 Å². The third-order valence-electron chi connectivity index (χ3n) is 2.83. The SMILES string of the molecule is COCC1(C(=O)NC[C@@H](O)CN(C)C)CC1. The second-order valence-electron chi connectivity index (χ2n) is 4.84. The Morgan fingerprint density at radius 3 is 2.62 bits per heavy atom. The second kappa shape index (κ2) is 5.61. The van der Waals surface area contributed by atoms with Gasteiger partial charge in [0, 0.05) is 20.2 Å². The van der Waals surface area contributed by atoms with Gasteiger partial charge in [-0.05, 0) is 26.9 Å². The van der Waals surface area contributed by atoms with E-state index in [1.807, 2.05) is 19.0 Å². The van der Waals surface area contributed by atoms with Gasteiger partial charge in [-0.15, -0.1) is 0 Å². The molecule has 0 heterocycles. The predicted molar refractivity (Wildman–Crippen MR) is 61.1 cm³/mol. The standard InChI is InChI=1S/C11H22N2O3/c1-13(2)7-9(14)6-12-10(15)11(4-5-11)8-16-3/h9,14H,4-8H2,1-3H3,(H,12,15)/t9-/m1/s1. The van der Waals surface area contributed by atoms with E-state index >= 15 is 0 Å². The van der Waals surface area contributed by atoms with Crippen molar-refractivity contribution in [3.63, 3.8) is 0 Å². The van der Waals surface area contributed by atoms with Crippen molar-refractivity contribution in [2.24, 2.45) is 5.41 Å². The largest absolute Gasteiger partial charge is 0.390 e. The maximum absolute atomic E-state index is 11.8. The van der Waals surface area contributed by atoms with Gasteiger partial charge in [0.05, 0.1) is 18.1 Å². The smallest absolute Gasteiger partial charge is 0.228 e. The summed E-state index contributed by atoms with van der Waals surface area (Å²) in [7, 11) is 5.38. The number of hydrogen-bond donors (Lipinski definition) is 2. The zero-order valence-electron chi connectivity index (χ0n) is 10.3. The van der Waals surface area contributed by atoms with Crippen LogP contribution in [-0.4, -0.2) is 62.9 Å². The Kier molecular flexibility index (Phi) is 4.70. The number of likely N-dealkylation sites (N-methyl/N-ethyl adjacent to an activating group) is 1. The van der Waals surface area contributed by atoms with Crippen LogP contribution in [0, 0.1) is 5.41 Å². The Hall–Kier alpha value is -0.650. The molecule has 1 atom stereocenters. The molecule has 1 aliphatic carbocycles. The monoisotopic (exact) mass is 230 g/mol. The molecular weight excluding hydrogens is 208 g/mol. The Balaban J connectivity index is 2.25. The molecule has 0 aliphatic heterocycles. The van der Waals surface area contributed by atoms with Crippen LogP contribution in [0.5, 0.6) is 0 Å². The van der Waals surface area contributed by atoms with Crippen LogP contribution in [-0.2, 0) is 9.53 Å². The van der Waals surface area contributed by atoms with Gasteiger partial charge in [0.15, 0.2) is 0 Å². The summed E-state index contributed by atoms with van der Waals surface area (Å²) in [6.07, 6.45) is 1.25. The number of nitrogens with one attached hydrogen (secondary N) is 1. The number of aliphatic hydroxyl groups is 1. The van der Waals surface area contributed by atoms with Crippen LogP contribution < -0.4 is 5.32 Å². The highest BCUT2D eigenvalue weighted by Gasteiger charge is 2.49. The molecule has 0 spiro atoms. The highest BCUT2D eigenvalue weighted by atomic mass is 16.5. The number of amides is 1. The molecule has 0 aromatic rings. The molecule has 0 bridgehead atoms. The number of rotatable bonds is 7. The fraction of sp³-hybridized carbons (Fsp3) is 0.909. The Bertz CT molecular complexity index is 239. The molecule has 16 heavy (non-hydrogen) atoms. The molecule has 94 valence electrons. The van der Waals surface area contributed by atoms with E-state index in [4.69, 9.17) is 4.74 Å². The first-order valence-corrected chi connectivity index (χ1v) is 5.60. The summed E-state index contributed by atoms with van der Waals surface area (Å²) in [5, 5.41) is 12.4. The van der Waals surface area contributed by atoms with Crippen molar-refractivity contribution in [2.75, 3.05) is 40.9 Å². The molecule has 1 fully saturated rings. The van der Waals surface area contributed by atoms with Crippen LogP contribution in [0.3, 0.4) is 0 Å². The predicted octanol–water partition coefficient (Wildman–Crippen LogP) is -0.548. The fourth-order valence-electron chi connectivity index (χ4n) is 1.75. The summed E-state index contributed by atoms with van der Waals surface area (Å²) >= 11 is 0. The van der Waals surface area contributed by atoms with E-state index in [9.17, 15) is 9.90 Å². The highest BCUT2D eigenvalue weighted by Crippen LogP contribution is 2.45. The van der Waals surface area contributed by atoms with Gasteiger partial charge >= 0.3 is 0 Å². The first-order valence-electron chi connectivity index (χ1n) is 5.60. The minimum absolute atomic E-state index is 0.00663. The van der Waals surface area contributed by atoms with E-state index in [1.165, 1.54) is 0 Å². The highest BCUT2D eigenvalue weighted by molar-refractivity contribution is 5.85. The molecule has 0 aromatic heterocycles. The van der Waals surface area contributed by atoms with Gasteiger partial charge in [-0.2, -0.15) is 0 Å². The molecule has 0 unspecified atom stereocenters. The summed E-state index contributed by atoms with van der Waals surface area (Å²) in [5.74, 6) is 0.00663. The Morgan fingerprint density at radius 1 is 1.56 bits per heavy atom. The number of aliphatic hydroxyl groups excluding tert-OH is 1. The molecule has 0 saturated heterocycles. The minimum atomic E-state index is -0.516. The van der Waals surface area contributed by atoms with Gasteiger partial charge in [0.2, 0.25) is 5.91 Å². The summed E-state index contributed by atoms with van der Waals surface area (Å²) in [5.41, 5.74) is -0.313. The molecule has 0 aromatic carbocycles. The van der Waals surface area contributed by atoms with Crippen LogP contribution in [0.2, 0.25) is 0 Å². The lowest BCUT2D eigenvalue weighted by molar-refractivity contribution is -0.128. The topological polar surface area (TPSA) is 61.8 Å². The van der Waals surface area contributed by atoms with Crippen molar-refractivity contribution in [1.82, 2.24) is 10.2 Å². The maximum atomic E-state index is 11.8. The normalized spacial score (nSPS) is 19.6. The number of nitrogens with zero attached hydrogens (tertiary/aromatic N) is 1. The molecule has 2 N–H and O–H groups in total. The minimum Gasteiger partial charge on any atom is -0.390 e. The summed E-state index contributed by atoms with van der Waals surface area (Å²) in [4.78, 5) is 13.7. The van der Waals surface area contributed by atoms with Gasteiger partial charge in [0.1, 0.15) is 0 Å². The van der Waals surface area contributed by atoms with E-state index in [-0.39, 0.29) is 11.3 Å². The molecule has 1 aliphatic rings. The van der Waals surface area contributed by atoms with E-state index in [0.29, 0.717) is 19.7 Å². The number of ether oxygens (including phenoxy) is 1. The van der Waals surface area contributed by atoms with Crippen LogP contribution in [0.25, 0.3) is 0 Å². The van der Waals surface area contributed by atoms with Crippen molar-refractivity contribution in [2.45, 2.75) is 18.9 Å². The first kappa shape index (κ1) is 13.4. The lowest BCUT2D eigenvalue weighted by Crippen LogP contribution is -2.41. The average molecular weight is 230 g/mol. The zero-order chi connectivity index (χ0) is 12.2. The fourth-order valence-corrected chi connectivity index (χ4v) is 1.75. The van der Waals surface area contributed by atoms with E-state index in [0.717, 1.165) is 12.8 Å². The van der Waals surface area contributed by atoms with Crippen molar-refractivity contribution in [3.8, 4) is 0 Å². The van der Waals surface area contributed by atoms with Gasteiger partial charge in [-0.25, -0.2) is 0 Å². The van der Waals surface area contributed by atoms with Crippen molar-refractivity contribution in [3.05, 3.63) is 0 Å². The van der Waals surface area contributed by atoms with Gasteiger partial charge in [-0.3, -0.25) is 4.79 Å². The van der Waals surface area contributed by atoms with E-state index < -0.39 is 6.10 Å². The maximum Gasteiger partial charge on any atom is 0.228 e. The third-order valence-corrected chi connectivity index (χ3v) is 2.83.